The number of benzene rings is 1. The minimum Gasteiger partial charge on any atom is -0.342 e. The highest BCUT2D eigenvalue weighted by molar-refractivity contribution is 7.89. The summed E-state index contributed by atoms with van der Waals surface area (Å²) in [5, 5.41) is 3.34. The fraction of sp³-hybridized carbons (Fsp3) is 0.650. The quantitative estimate of drug-likeness (QED) is 0.698. The highest BCUT2D eigenvalue weighted by atomic mass is 32.2. The van der Waals surface area contributed by atoms with Crippen molar-refractivity contribution in [1.29, 1.82) is 0 Å². The van der Waals surface area contributed by atoms with Crippen LogP contribution in [-0.4, -0.2) is 63.3 Å². The van der Waals surface area contributed by atoms with Crippen LogP contribution in [0.4, 0.5) is 0 Å². The van der Waals surface area contributed by atoms with Crippen molar-refractivity contribution in [1.82, 2.24) is 14.5 Å². The van der Waals surface area contributed by atoms with E-state index in [1.807, 2.05) is 0 Å². The van der Waals surface area contributed by atoms with E-state index in [9.17, 15) is 13.2 Å². The second-order valence-corrected chi connectivity index (χ2v) is 9.14. The van der Waals surface area contributed by atoms with E-state index in [4.69, 9.17) is 0 Å². The van der Waals surface area contributed by atoms with Gasteiger partial charge in [-0.15, -0.1) is 0 Å². The van der Waals surface area contributed by atoms with Crippen molar-refractivity contribution in [2.24, 2.45) is 5.92 Å². The molecule has 1 fully saturated rings. The normalized spacial score (nSPS) is 16.4. The first kappa shape index (κ1) is 21.9. The average Bonchev–Trinajstić information content (AvgIpc) is 2.70. The zero-order valence-electron chi connectivity index (χ0n) is 16.8. The summed E-state index contributed by atoms with van der Waals surface area (Å²) in [6, 6.07) is 6.59. The van der Waals surface area contributed by atoms with Gasteiger partial charge in [0.25, 0.3) is 5.91 Å². The van der Waals surface area contributed by atoms with Gasteiger partial charge in [-0.05, 0) is 50.4 Å². The molecule has 0 radical (unpaired) electrons. The lowest BCUT2D eigenvalue weighted by Gasteiger charge is -2.32. The Hall–Kier alpha value is -1.44. The summed E-state index contributed by atoms with van der Waals surface area (Å²) < 4.78 is 28.0. The Morgan fingerprint density at radius 2 is 1.89 bits per heavy atom. The van der Waals surface area contributed by atoms with E-state index < -0.39 is 10.0 Å². The summed E-state index contributed by atoms with van der Waals surface area (Å²) in [4.78, 5) is 14.5. The van der Waals surface area contributed by atoms with E-state index in [1.165, 1.54) is 4.31 Å². The van der Waals surface area contributed by atoms with Crippen molar-refractivity contribution in [3.63, 3.8) is 0 Å². The third kappa shape index (κ3) is 5.53. The van der Waals surface area contributed by atoms with Gasteiger partial charge in [-0.25, -0.2) is 8.42 Å². The van der Waals surface area contributed by atoms with E-state index in [-0.39, 0.29) is 16.4 Å². The molecule has 0 bridgehead atoms. The Morgan fingerprint density at radius 3 is 2.52 bits per heavy atom. The Labute approximate surface area is 164 Å². The molecule has 1 aliphatic heterocycles. The summed E-state index contributed by atoms with van der Waals surface area (Å²) in [6.45, 7) is 7.64. The topological polar surface area (TPSA) is 69.7 Å². The molecule has 0 saturated carbocycles. The van der Waals surface area contributed by atoms with Gasteiger partial charge >= 0.3 is 0 Å². The maximum absolute atomic E-state index is 13.2. The Kier molecular flexibility index (Phi) is 8.26. The van der Waals surface area contributed by atoms with E-state index in [2.05, 4.69) is 19.2 Å². The highest BCUT2D eigenvalue weighted by Crippen LogP contribution is 2.26. The van der Waals surface area contributed by atoms with Gasteiger partial charge in [0.05, 0.1) is 10.5 Å². The average molecular weight is 396 g/mol. The van der Waals surface area contributed by atoms with Crippen molar-refractivity contribution in [3.8, 4) is 0 Å². The van der Waals surface area contributed by atoms with Crippen LogP contribution in [0.15, 0.2) is 29.2 Å². The number of amides is 1. The van der Waals surface area contributed by atoms with Crippen LogP contribution < -0.4 is 5.32 Å². The zero-order valence-corrected chi connectivity index (χ0v) is 17.6. The first-order valence-electron chi connectivity index (χ1n) is 9.97. The van der Waals surface area contributed by atoms with Gasteiger partial charge < -0.3 is 10.2 Å². The number of hydrogen-bond donors (Lipinski definition) is 1. The minimum atomic E-state index is -3.67. The summed E-state index contributed by atoms with van der Waals surface area (Å²) in [7, 11) is -1.94. The van der Waals surface area contributed by atoms with Crippen LogP contribution in [-0.2, 0) is 10.0 Å². The summed E-state index contributed by atoms with van der Waals surface area (Å²) in [5.74, 6) is 0.276. The highest BCUT2D eigenvalue weighted by Gasteiger charge is 2.32. The molecule has 1 saturated heterocycles. The monoisotopic (exact) mass is 395 g/mol. The van der Waals surface area contributed by atoms with Gasteiger partial charge in [0, 0.05) is 26.7 Å². The Bertz CT molecular complexity index is 713. The third-order valence-corrected chi connectivity index (χ3v) is 7.14. The molecular formula is C20H33N3O3S. The van der Waals surface area contributed by atoms with Gasteiger partial charge in [0.1, 0.15) is 0 Å². The Morgan fingerprint density at radius 1 is 1.22 bits per heavy atom. The molecule has 1 heterocycles. The number of sulfonamides is 1. The molecule has 0 unspecified atom stereocenters. The van der Waals surface area contributed by atoms with Crippen molar-refractivity contribution in [2.75, 3.05) is 39.8 Å². The number of nitrogens with zero attached hydrogens (tertiary/aromatic N) is 2. The summed E-state index contributed by atoms with van der Waals surface area (Å²) in [6.07, 6.45) is 3.58. The maximum atomic E-state index is 13.2. The lowest BCUT2D eigenvalue weighted by Crippen LogP contribution is -2.41. The second kappa shape index (κ2) is 10.2. The summed E-state index contributed by atoms with van der Waals surface area (Å²) in [5.41, 5.74) is 0.269. The van der Waals surface area contributed by atoms with Gasteiger partial charge in [0.15, 0.2) is 0 Å². The molecule has 0 aliphatic carbocycles. The van der Waals surface area contributed by atoms with Crippen LogP contribution in [0, 0.1) is 5.92 Å². The lowest BCUT2D eigenvalue weighted by atomic mass is 9.98. The molecule has 0 aromatic heterocycles. The zero-order chi connectivity index (χ0) is 19.9. The molecule has 152 valence electrons. The first-order valence-corrected chi connectivity index (χ1v) is 11.4. The molecule has 0 spiro atoms. The van der Waals surface area contributed by atoms with Gasteiger partial charge in [-0.3, -0.25) is 4.79 Å². The van der Waals surface area contributed by atoms with E-state index in [1.54, 1.807) is 36.2 Å². The predicted molar refractivity (Wildman–Crippen MR) is 108 cm³/mol. The molecule has 1 aliphatic rings. The molecule has 6 nitrogen and oxygen atoms in total. The lowest BCUT2D eigenvalue weighted by molar-refractivity contribution is 0.0789. The van der Waals surface area contributed by atoms with Crippen LogP contribution in [0.25, 0.3) is 0 Å². The Balaban J connectivity index is 2.16. The second-order valence-electron chi connectivity index (χ2n) is 7.23. The smallest absolute Gasteiger partial charge is 0.254 e. The molecule has 7 heteroatoms. The van der Waals surface area contributed by atoms with Gasteiger partial charge in [0.2, 0.25) is 10.0 Å². The van der Waals surface area contributed by atoms with Gasteiger partial charge in [-0.1, -0.05) is 32.4 Å². The van der Waals surface area contributed by atoms with Gasteiger partial charge in [-0.2, -0.15) is 4.31 Å². The van der Waals surface area contributed by atoms with Crippen LogP contribution in [0.5, 0.6) is 0 Å². The largest absolute Gasteiger partial charge is 0.342 e. The van der Waals surface area contributed by atoms with E-state index in [0.29, 0.717) is 25.6 Å². The fourth-order valence-corrected chi connectivity index (χ4v) is 5.07. The third-order valence-electron chi connectivity index (χ3n) is 5.19. The molecular weight excluding hydrogens is 362 g/mol. The van der Waals surface area contributed by atoms with Crippen molar-refractivity contribution >= 4 is 15.9 Å². The SMILES string of the molecule is CCCCN(C)C(=O)c1ccccc1S(=O)(=O)N1CCC(CNCC)CC1. The van der Waals surface area contributed by atoms with Crippen molar-refractivity contribution in [3.05, 3.63) is 29.8 Å². The molecule has 1 aromatic carbocycles. The number of piperidine rings is 1. The van der Waals surface area contributed by atoms with E-state index in [0.717, 1.165) is 38.8 Å². The van der Waals surface area contributed by atoms with Crippen LogP contribution in [0.1, 0.15) is 49.9 Å². The fourth-order valence-electron chi connectivity index (χ4n) is 3.41. The number of carbonyl (C=O) groups excluding carboxylic acids is 1. The molecule has 27 heavy (non-hydrogen) atoms. The molecule has 1 amide bonds. The standard InChI is InChI=1S/C20H33N3O3S/c1-4-6-13-22(3)20(24)18-9-7-8-10-19(18)27(25,26)23-14-11-17(12-15-23)16-21-5-2/h7-10,17,21H,4-6,11-16H2,1-3H3. The van der Waals surface area contributed by atoms with Crippen molar-refractivity contribution < 1.29 is 13.2 Å². The van der Waals surface area contributed by atoms with Crippen molar-refractivity contribution in [2.45, 2.75) is 44.4 Å². The van der Waals surface area contributed by atoms with Crippen LogP contribution in [0.3, 0.4) is 0 Å². The molecule has 1 aromatic rings. The maximum Gasteiger partial charge on any atom is 0.254 e. The number of nitrogens with one attached hydrogen (secondary N) is 1. The first-order chi connectivity index (χ1) is 12.9. The molecule has 1 N–H and O–H groups in total. The number of hydrogen-bond acceptors (Lipinski definition) is 4. The number of unbranched alkanes of at least 4 members (excludes halogenated alkanes) is 1. The van der Waals surface area contributed by atoms with Crippen LogP contribution in [0.2, 0.25) is 0 Å². The summed E-state index contributed by atoms with van der Waals surface area (Å²) >= 11 is 0. The van der Waals surface area contributed by atoms with Crippen LogP contribution >= 0.6 is 0 Å². The molecule has 0 atom stereocenters. The molecule has 2 rings (SSSR count). The predicted octanol–water partition coefficient (Wildman–Crippen LogP) is 2.57. The number of carbonyl (C=O) groups is 1. The number of rotatable bonds is 9. The van der Waals surface area contributed by atoms with E-state index >= 15 is 0 Å². The minimum absolute atomic E-state index is 0.128.